The molecule has 0 bridgehead atoms. The first-order valence-corrected chi connectivity index (χ1v) is 16.9. The van der Waals surface area contributed by atoms with Crippen molar-refractivity contribution in [1.82, 2.24) is 24.1 Å². The van der Waals surface area contributed by atoms with E-state index in [1.54, 1.807) is 0 Å². The zero-order valence-electron chi connectivity index (χ0n) is 26.8. The highest BCUT2D eigenvalue weighted by Crippen LogP contribution is 2.41. The van der Waals surface area contributed by atoms with Crippen LogP contribution in [-0.2, 0) is 0 Å². The molecule has 4 heterocycles. The molecule has 0 unspecified atom stereocenters. The van der Waals surface area contributed by atoms with Gasteiger partial charge in [-0.2, -0.15) is 0 Å². The number of hydrogen-bond donors (Lipinski definition) is 0. The molecule has 11 aromatic rings. The Kier molecular flexibility index (Phi) is 5.60. The predicted octanol–water partition coefficient (Wildman–Crippen LogP) is 11.2. The first kappa shape index (κ1) is 27.1. The van der Waals surface area contributed by atoms with Crippen LogP contribution in [0.4, 0.5) is 0 Å². The van der Waals surface area contributed by atoms with Crippen molar-refractivity contribution in [3.05, 3.63) is 164 Å². The van der Waals surface area contributed by atoms with Crippen LogP contribution in [0.1, 0.15) is 0 Å². The van der Waals surface area contributed by atoms with Gasteiger partial charge in [0.25, 0.3) is 0 Å². The number of rotatable bonds is 3. The number of aromatic nitrogens is 5. The van der Waals surface area contributed by atoms with Crippen LogP contribution in [0.15, 0.2) is 164 Å². The average molecular weight is 638 g/mol. The van der Waals surface area contributed by atoms with Crippen LogP contribution < -0.4 is 0 Å². The Morgan fingerprint density at radius 3 is 1.56 bits per heavy atom. The van der Waals surface area contributed by atoms with Crippen LogP contribution >= 0.6 is 0 Å². The zero-order valence-corrected chi connectivity index (χ0v) is 26.8. The molecule has 0 saturated heterocycles. The van der Waals surface area contributed by atoms with Gasteiger partial charge < -0.3 is 4.57 Å². The van der Waals surface area contributed by atoms with Crippen molar-refractivity contribution in [3.63, 3.8) is 0 Å². The van der Waals surface area contributed by atoms with Gasteiger partial charge in [0.15, 0.2) is 0 Å². The lowest BCUT2D eigenvalue weighted by molar-refractivity contribution is 1.07. The second kappa shape index (κ2) is 10.3. The van der Waals surface area contributed by atoms with Crippen LogP contribution in [0.3, 0.4) is 0 Å². The van der Waals surface area contributed by atoms with E-state index in [1.165, 1.54) is 37.8 Å². The van der Waals surface area contributed by atoms with E-state index in [0.29, 0.717) is 0 Å². The van der Waals surface area contributed by atoms with Gasteiger partial charge in [-0.3, -0.25) is 9.55 Å². The summed E-state index contributed by atoms with van der Waals surface area (Å²) in [5.41, 5.74) is 8.97. The molecule has 5 nitrogen and oxygen atoms in total. The van der Waals surface area contributed by atoms with Gasteiger partial charge in [-0.15, -0.1) is 0 Å². The van der Waals surface area contributed by atoms with Crippen molar-refractivity contribution in [2.24, 2.45) is 0 Å². The summed E-state index contributed by atoms with van der Waals surface area (Å²) in [6.07, 6.45) is 1.87. The van der Waals surface area contributed by atoms with E-state index >= 15 is 0 Å². The van der Waals surface area contributed by atoms with E-state index in [9.17, 15) is 0 Å². The van der Waals surface area contributed by atoms with E-state index in [-0.39, 0.29) is 0 Å². The molecule has 0 fully saturated rings. The predicted molar refractivity (Wildman–Crippen MR) is 206 cm³/mol. The minimum absolute atomic E-state index is 0.740. The molecular formula is C45H27N5. The quantitative estimate of drug-likeness (QED) is 0.181. The maximum absolute atomic E-state index is 5.35. The monoisotopic (exact) mass is 637 g/mol. The summed E-state index contributed by atoms with van der Waals surface area (Å²) in [6.45, 7) is 0. The van der Waals surface area contributed by atoms with E-state index < -0.39 is 0 Å². The van der Waals surface area contributed by atoms with Gasteiger partial charge in [0.05, 0.1) is 45.0 Å². The Balaban J connectivity index is 1.21. The number of para-hydroxylation sites is 3. The van der Waals surface area contributed by atoms with E-state index in [4.69, 9.17) is 15.0 Å². The molecule has 0 amide bonds. The molecule has 0 N–H and O–H groups in total. The fraction of sp³-hybridized carbons (Fsp3) is 0. The van der Waals surface area contributed by atoms with Gasteiger partial charge in [0.2, 0.25) is 0 Å². The maximum atomic E-state index is 5.35. The molecule has 0 saturated carbocycles. The maximum Gasteiger partial charge on any atom is 0.138 e. The molecule has 0 aliphatic carbocycles. The number of nitrogens with zero attached hydrogens (tertiary/aromatic N) is 5. The highest BCUT2D eigenvalue weighted by atomic mass is 15.1. The van der Waals surface area contributed by atoms with Crippen LogP contribution in [0.5, 0.6) is 0 Å². The van der Waals surface area contributed by atoms with Gasteiger partial charge in [0, 0.05) is 38.0 Å². The standard InChI is InChI=1S/C45H27N5/c1-2-13-28(14-3-1)49-39-22-10-8-17-31(39)35-25-26-36-32-18-9-11-23-40(32)50(45(36)44(35)49)41-24-12-21-37(47-41)38-27-46-42-33-19-6-4-15-29(33)30-16-5-7-20-34(30)43(42)48-38/h1-27H. The smallest absolute Gasteiger partial charge is 0.138 e. The fourth-order valence-electron chi connectivity index (χ4n) is 8.02. The lowest BCUT2D eigenvalue weighted by Gasteiger charge is -2.13. The van der Waals surface area contributed by atoms with Crippen LogP contribution in [-0.4, -0.2) is 24.1 Å². The lowest BCUT2D eigenvalue weighted by Crippen LogP contribution is -2.02. The van der Waals surface area contributed by atoms with Crippen molar-refractivity contribution < 1.29 is 0 Å². The van der Waals surface area contributed by atoms with Gasteiger partial charge in [-0.05, 0) is 47.2 Å². The molecule has 5 heteroatoms. The molecule has 0 spiro atoms. The van der Waals surface area contributed by atoms with Crippen molar-refractivity contribution >= 4 is 76.2 Å². The number of pyridine rings is 1. The molecule has 0 aliphatic rings. The molecular weight excluding hydrogens is 611 g/mol. The third-order valence-electron chi connectivity index (χ3n) is 10.1. The fourth-order valence-corrected chi connectivity index (χ4v) is 8.02. The summed E-state index contributed by atoms with van der Waals surface area (Å²) in [4.78, 5) is 15.6. The van der Waals surface area contributed by atoms with Crippen molar-refractivity contribution in [3.8, 4) is 22.9 Å². The van der Waals surface area contributed by atoms with Crippen LogP contribution in [0.2, 0.25) is 0 Å². The van der Waals surface area contributed by atoms with E-state index in [2.05, 4.69) is 161 Å². The third kappa shape index (κ3) is 3.74. The molecule has 7 aromatic carbocycles. The molecule has 232 valence electrons. The zero-order chi connectivity index (χ0) is 32.8. The first-order chi connectivity index (χ1) is 24.8. The highest BCUT2D eigenvalue weighted by molar-refractivity contribution is 6.24. The molecule has 0 aliphatic heterocycles. The van der Waals surface area contributed by atoms with Crippen LogP contribution in [0, 0.1) is 0 Å². The summed E-state index contributed by atoms with van der Waals surface area (Å²) in [6, 6.07) is 55.6. The topological polar surface area (TPSA) is 48.5 Å². The minimum Gasteiger partial charge on any atom is -0.307 e. The summed E-state index contributed by atoms with van der Waals surface area (Å²) >= 11 is 0. The largest absolute Gasteiger partial charge is 0.307 e. The van der Waals surface area contributed by atoms with Crippen molar-refractivity contribution in [2.75, 3.05) is 0 Å². The highest BCUT2D eigenvalue weighted by Gasteiger charge is 2.22. The van der Waals surface area contributed by atoms with Gasteiger partial charge in [0.1, 0.15) is 11.5 Å². The number of hydrogen-bond acceptors (Lipinski definition) is 3. The Morgan fingerprint density at radius 2 is 0.880 bits per heavy atom. The SMILES string of the molecule is c1ccc(-n2c3ccccc3c3ccc4c5ccccc5n(-c5cccc(-c6cnc7c8ccccc8c8ccccc8c7n6)n5)c4c32)cc1. The lowest BCUT2D eigenvalue weighted by atomic mass is 9.99. The Morgan fingerprint density at radius 1 is 0.340 bits per heavy atom. The molecule has 50 heavy (non-hydrogen) atoms. The van der Waals surface area contributed by atoms with E-state index in [1.807, 2.05) is 12.3 Å². The molecule has 4 aromatic heterocycles. The normalized spacial score (nSPS) is 12.0. The summed E-state index contributed by atoms with van der Waals surface area (Å²) in [5, 5.41) is 9.34. The second-order valence-electron chi connectivity index (χ2n) is 12.8. The number of benzene rings is 7. The van der Waals surface area contributed by atoms with Gasteiger partial charge in [-0.1, -0.05) is 121 Å². The van der Waals surface area contributed by atoms with Gasteiger partial charge >= 0.3 is 0 Å². The van der Waals surface area contributed by atoms with Crippen molar-refractivity contribution in [1.29, 1.82) is 0 Å². The Bertz CT molecular complexity index is 3120. The summed E-state index contributed by atoms with van der Waals surface area (Å²) in [7, 11) is 0. The Labute approximate surface area is 286 Å². The van der Waals surface area contributed by atoms with Gasteiger partial charge in [-0.25, -0.2) is 9.97 Å². The van der Waals surface area contributed by atoms with E-state index in [0.717, 1.165) is 61.2 Å². The molecule has 0 atom stereocenters. The number of fused-ring (bicyclic) bond motifs is 13. The van der Waals surface area contributed by atoms with Crippen molar-refractivity contribution in [2.45, 2.75) is 0 Å². The van der Waals surface area contributed by atoms with Crippen LogP contribution in [0.25, 0.3) is 99.1 Å². The minimum atomic E-state index is 0.740. The molecule has 11 rings (SSSR count). The first-order valence-electron chi connectivity index (χ1n) is 16.9. The average Bonchev–Trinajstić information content (AvgIpc) is 3.71. The third-order valence-corrected chi connectivity index (χ3v) is 10.1. The summed E-state index contributed by atoms with van der Waals surface area (Å²) in [5.74, 6) is 0.830. The molecule has 0 radical (unpaired) electrons. The second-order valence-corrected chi connectivity index (χ2v) is 12.8. The summed E-state index contributed by atoms with van der Waals surface area (Å²) < 4.78 is 4.72. The Hall–Kier alpha value is -6.85.